The molecular weight excluding hydrogens is 296 g/mol. The molecule has 1 amide bonds. The first-order valence-electron chi connectivity index (χ1n) is 6.24. The molecule has 1 fully saturated rings. The molecule has 0 saturated heterocycles. The molecule has 0 radical (unpaired) electrons. The molecule has 2 aromatic rings. The number of carbonyl (C=O) groups is 2. The van der Waals surface area contributed by atoms with E-state index in [0.29, 0.717) is 11.2 Å². The summed E-state index contributed by atoms with van der Waals surface area (Å²) in [5.41, 5.74) is -0.0774. The lowest BCUT2D eigenvalue weighted by molar-refractivity contribution is -0.113. The van der Waals surface area contributed by atoms with E-state index in [9.17, 15) is 9.59 Å². The Morgan fingerprint density at radius 2 is 2.33 bits per heavy atom. The molecular formula is C11H12N6O3S. The van der Waals surface area contributed by atoms with Crippen LogP contribution in [-0.2, 0) is 4.79 Å². The van der Waals surface area contributed by atoms with Crippen molar-refractivity contribution in [2.24, 2.45) is 0 Å². The molecule has 0 aliphatic heterocycles. The van der Waals surface area contributed by atoms with Gasteiger partial charge in [-0.25, -0.2) is 4.79 Å². The van der Waals surface area contributed by atoms with E-state index in [1.165, 1.54) is 17.8 Å². The van der Waals surface area contributed by atoms with Crippen LogP contribution in [0.2, 0.25) is 0 Å². The summed E-state index contributed by atoms with van der Waals surface area (Å²) < 4.78 is 1.97. The number of aromatic amines is 1. The number of anilines is 1. The van der Waals surface area contributed by atoms with Crippen LogP contribution in [-0.4, -0.2) is 47.7 Å². The van der Waals surface area contributed by atoms with Gasteiger partial charge >= 0.3 is 5.97 Å². The average molecular weight is 308 g/mol. The van der Waals surface area contributed by atoms with Crippen LogP contribution in [0.25, 0.3) is 0 Å². The van der Waals surface area contributed by atoms with Crippen LogP contribution in [0.5, 0.6) is 0 Å². The second-order valence-electron chi connectivity index (χ2n) is 4.56. The maximum atomic E-state index is 11.8. The maximum Gasteiger partial charge on any atom is 0.353 e. The van der Waals surface area contributed by atoms with Crippen molar-refractivity contribution in [2.75, 3.05) is 11.1 Å². The van der Waals surface area contributed by atoms with E-state index in [0.717, 1.165) is 12.8 Å². The largest absolute Gasteiger partial charge is 0.477 e. The smallest absolute Gasteiger partial charge is 0.353 e. The number of amides is 1. The molecule has 3 rings (SSSR count). The Morgan fingerprint density at radius 1 is 1.52 bits per heavy atom. The third-order valence-corrected chi connectivity index (χ3v) is 3.85. The van der Waals surface area contributed by atoms with Gasteiger partial charge in [-0.2, -0.15) is 5.10 Å². The lowest BCUT2D eigenvalue weighted by atomic mass is 10.4. The van der Waals surface area contributed by atoms with Gasteiger partial charge < -0.3 is 15.0 Å². The average Bonchev–Trinajstić information content (AvgIpc) is 3.00. The summed E-state index contributed by atoms with van der Waals surface area (Å²) >= 11 is 1.29. The van der Waals surface area contributed by atoms with Crippen LogP contribution >= 0.6 is 11.8 Å². The number of nitrogens with zero attached hydrogens (tertiary/aromatic N) is 4. The number of carboxylic acid groups (broad SMARTS) is 1. The fourth-order valence-corrected chi connectivity index (χ4v) is 2.53. The molecule has 0 spiro atoms. The van der Waals surface area contributed by atoms with Gasteiger partial charge in [-0.15, -0.1) is 10.2 Å². The minimum atomic E-state index is -1.13. The van der Waals surface area contributed by atoms with E-state index in [1.807, 2.05) is 4.57 Å². The van der Waals surface area contributed by atoms with Crippen molar-refractivity contribution < 1.29 is 14.7 Å². The van der Waals surface area contributed by atoms with Crippen LogP contribution in [0.15, 0.2) is 17.6 Å². The van der Waals surface area contributed by atoms with Crippen molar-refractivity contribution in [2.45, 2.75) is 24.0 Å². The summed E-state index contributed by atoms with van der Waals surface area (Å²) in [4.78, 5) is 22.5. The molecule has 1 aliphatic carbocycles. The van der Waals surface area contributed by atoms with Crippen LogP contribution in [0.1, 0.15) is 29.4 Å². The van der Waals surface area contributed by atoms with Gasteiger partial charge in [0.2, 0.25) is 5.91 Å². The predicted octanol–water partition coefficient (Wildman–Crippen LogP) is 0.765. The van der Waals surface area contributed by atoms with Gasteiger partial charge in [0.05, 0.1) is 5.75 Å². The highest BCUT2D eigenvalue weighted by Gasteiger charge is 2.26. The number of carboxylic acids is 1. The first-order valence-corrected chi connectivity index (χ1v) is 7.23. The number of hydrogen-bond acceptors (Lipinski definition) is 6. The second kappa shape index (κ2) is 5.56. The monoisotopic (exact) mass is 308 g/mol. The molecule has 2 heterocycles. The van der Waals surface area contributed by atoms with Gasteiger partial charge in [-0.05, 0) is 12.8 Å². The number of aromatic nitrogens is 5. The Kier molecular flexibility index (Phi) is 3.60. The van der Waals surface area contributed by atoms with Crippen LogP contribution < -0.4 is 5.32 Å². The van der Waals surface area contributed by atoms with Crippen LogP contribution in [0.3, 0.4) is 0 Å². The van der Waals surface area contributed by atoms with Crippen molar-refractivity contribution in [3.63, 3.8) is 0 Å². The zero-order valence-electron chi connectivity index (χ0n) is 10.8. The quantitative estimate of drug-likeness (QED) is 0.673. The highest BCUT2D eigenvalue weighted by atomic mass is 32.2. The summed E-state index contributed by atoms with van der Waals surface area (Å²) in [5.74, 6) is -1.08. The SMILES string of the molecule is O=C(CSc1nncn1C1CC1)Nc1cc(C(=O)O)[nH]n1. The number of thioether (sulfide) groups is 1. The molecule has 1 aliphatic rings. The summed E-state index contributed by atoms with van der Waals surface area (Å²) in [7, 11) is 0. The van der Waals surface area contributed by atoms with E-state index in [4.69, 9.17) is 5.11 Å². The highest BCUT2D eigenvalue weighted by molar-refractivity contribution is 7.99. The fraction of sp³-hybridized carbons (Fsp3) is 0.364. The molecule has 0 atom stereocenters. The molecule has 0 bridgehead atoms. The Balaban J connectivity index is 1.54. The van der Waals surface area contributed by atoms with Gasteiger partial charge in [0.1, 0.15) is 12.0 Å². The molecule has 110 valence electrons. The number of hydrogen-bond donors (Lipinski definition) is 3. The topological polar surface area (TPSA) is 126 Å². The summed E-state index contributed by atoms with van der Waals surface area (Å²) in [6.45, 7) is 0. The van der Waals surface area contributed by atoms with Crippen molar-refractivity contribution in [3.05, 3.63) is 18.1 Å². The van der Waals surface area contributed by atoms with E-state index >= 15 is 0 Å². The Hall–Kier alpha value is -2.36. The third-order valence-electron chi connectivity index (χ3n) is 2.89. The molecule has 0 aromatic carbocycles. The normalized spacial score (nSPS) is 14.1. The van der Waals surface area contributed by atoms with Crippen molar-refractivity contribution in [1.82, 2.24) is 25.0 Å². The van der Waals surface area contributed by atoms with Crippen molar-refractivity contribution >= 4 is 29.5 Å². The van der Waals surface area contributed by atoms with E-state index in [-0.39, 0.29) is 23.2 Å². The van der Waals surface area contributed by atoms with E-state index in [2.05, 4.69) is 25.7 Å². The Labute approximate surface area is 123 Å². The number of carbonyl (C=O) groups excluding carboxylic acids is 1. The lowest BCUT2D eigenvalue weighted by Gasteiger charge is -2.03. The van der Waals surface area contributed by atoms with Gasteiger partial charge in [-0.3, -0.25) is 9.89 Å². The van der Waals surface area contributed by atoms with Gasteiger partial charge in [0.15, 0.2) is 11.0 Å². The second-order valence-corrected chi connectivity index (χ2v) is 5.50. The fourth-order valence-electron chi connectivity index (χ4n) is 1.74. The van der Waals surface area contributed by atoms with Crippen molar-refractivity contribution in [3.8, 4) is 0 Å². The third kappa shape index (κ3) is 3.21. The molecule has 10 heteroatoms. The Bertz CT molecular complexity index is 677. The number of aromatic carboxylic acids is 1. The molecule has 9 nitrogen and oxygen atoms in total. The van der Waals surface area contributed by atoms with Gasteiger partial charge in [-0.1, -0.05) is 11.8 Å². The minimum Gasteiger partial charge on any atom is -0.477 e. The number of nitrogens with one attached hydrogen (secondary N) is 2. The minimum absolute atomic E-state index is 0.0774. The van der Waals surface area contributed by atoms with E-state index < -0.39 is 5.97 Å². The number of rotatable bonds is 6. The standard InChI is InChI=1S/C11H12N6O3S/c18-9(13-8-3-7(10(19)20)14-15-8)4-21-11-16-12-5-17(11)6-1-2-6/h3,5-6H,1-2,4H2,(H,19,20)(H2,13,14,15,18). The zero-order valence-corrected chi connectivity index (χ0v) is 11.6. The summed E-state index contributed by atoms with van der Waals surface area (Å²) in [6, 6.07) is 1.72. The predicted molar refractivity (Wildman–Crippen MR) is 73.2 cm³/mol. The van der Waals surface area contributed by atoms with E-state index in [1.54, 1.807) is 6.33 Å². The van der Waals surface area contributed by atoms with Crippen molar-refractivity contribution in [1.29, 1.82) is 0 Å². The lowest BCUT2D eigenvalue weighted by Crippen LogP contribution is -2.14. The molecule has 0 unspecified atom stereocenters. The molecule has 2 aromatic heterocycles. The molecule has 3 N–H and O–H groups in total. The van der Waals surface area contributed by atoms with Crippen LogP contribution in [0.4, 0.5) is 5.82 Å². The first kappa shape index (κ1) is 13.6. The van der Waals surface area contributed by atoms with Gasteiger partial charge in [0.25, 0.3) is 0 Å². The first-order chi connectivity index (χ1) is 10.1. The van der Waals surface area contributed by atoms with Crippen LogP contribution in [0, 0.1) is 0 Å². The Morgan fingerprint density at radius 3 is 3.00 bits per heavy atom. The number of H-pyrrole nitrogens is 1. The summed E-state index contributed by atoms with van der Waals surface area (Å²) in [6.07, 6.45) is 3.90. The highest BCUT2D eigenvalue weighted by Crippen LogP contribution is 2.37. The molecule has 1 saturated carbocycles. The maximum absolute atomic E-state index is 11.8. The molecule has 21 heavy (non-hydrogen) atoms. The summed E-state index contributed by atoms with van der Waals surface area (Å²) in [5, 5.41) is 25.8. The van der Waals surface area contributed by atoms with Gasteiger partial charge in [0, 0.05) is 12.1 Å². The zero-order chi connectivity index (χ0) is 14.8.